The highest BCUT2D eigenvalue weighted by atomic mass is 19.3. The van der Waals surface area contributed by atoms with Crippen molar-refractivity contribution in [2.24, 2.45) is 0 Å². The normalized spacial score (nSPS) is 10.6. The first-order valence-corrected chi connectivity index (χ1v) is 4.12. The molecule has 0 radical (unpaired) electrons. The predicted molar refractivity (Wildman–Crippen MR) is 50.6 cm³/mol. The van der Waals surface area contributed by atoms with Gasteiger partial charge in [0.1, 0.15) is 0 Å². The minimum absolute atomic E-state index is 0.210. The number of nitrogens with two attached hydrogens (primary N) is 1. The number of anilines is 1. The average molecular weight is 199 g/mol. The van der Waals surface area contributed by atoms with E-state index in [0.29, 0.717) is 5.56 Å². The molecule has 2 nitrogen and oxygen atoms in total. The third kappa shape index (κ3) is 1.89. The van der Waals surface area contributed by atoms with E-state index in [0.717, 1.165) is 0 Å². The van der Waals surface area contributed by atoms with E-state index in [1.165, 1.54) is 19.1 Å². The van der Waals surface area contributed by atoms with Crippen molar-refractivity contribution in [2.45, 2.75) is 20.3 Å². The van der Waals surface area contributed by atoms with Crippen LogP contribution in [0.15, 0.2) is 12.1 Å². The van der Waals surface area contributed by atoms with E-state index in [1.54, 1.807) is 6.92 Å². The van der Waals surface area contributed by atoms with Gasteiger partial charge in [-0.2, -0.15) is 0 Å². The second-order valence-corrected chi connectivity index (χ2v) is 3.14. The second kappa shape index (κ2) is 3.74. The molecule has 1 rings (SSSR count). The van der Waals surface area contributed by atoms with Crippen LogP contribution in [0.3, 0.4) is 0 Å². The Hall–Kier alpha value is -1.45. The second-order valence-electron chi connectivity index (χ2n) is 3.14. The molecule has 14 heavy (non-hydrogen) atoms. The van der Waals surface area contributed by atoms with Gasteiger partial charge in [-0.1, -0.05) is 0 Å². The zero-order chi connectivity index (χ0) is 10.9. The van der Waals surface area contributed by atoms with E-state index in [1.807, 2.05) is 0 Å². The van der Waals surface area contributed by atoms with E-state index in [4.69, 9.17) is 5.73 Å². The monoisotopic (exact) mass is 199 g/mol. The summed E-state index contributed by atoms with van der Waals surface area (Å²) in [6.07, 6.45) is -2.60. The first kappa shape index (κ1) is 10.6. The van der Waals surface area contributed by atoms with Crippen LogP contribution < -0.4 is 5.73 Å². The first-order valence-electron chi connectivity index (χ1n) is 4.12. The topological polar surface area (TPSA) is 43.1 Å². The summed E-state index contributed by atoms with van der Waals surface area (Å²) in [5, 5.41) is 0. The van der Waals surface area contributed by atoms with Crippen molar-refractivity contribution >= 4 is 11.5 Å². The van der Waals surface area contributed by atoms with Crippen LogP contribution in [0.1, 0.15) is 34.8 Å². The molecule has 0 atom stereocenters. The van der Waals surface area contributed by atoms with Crippen LogP contribution in [0.5, 0.6) is 0 Å². The van der Waals surface area contributed by atoms with Gasteiger partial charge in [0.05, 0.1) is 0 Å². The lowest BCUT2D eigenvalue weighted by atomic mass is 10.0. The Morgan fingerprint density at radius 3 is 2.43 bits per heavy atom. The highest BCUT2D eigenvalue weighted by Crippen LogP contribution is 2.26. The standard InChI is InChI=1S/C10H11F2NO/c1-5-8(6(2)14)3-7(10(11)12)4-9(5)13/h3-4,10H,13H2,1-2H3. The summed E-state index contributed by atoms with van der Waals surface area (Å²) in [5.74, 6) is -0.253. The van der Waals surface area contributed by atoms with Gasteiger partial charge in [0.2, 0.25) is 0 Å². The highest BCUT2D eigenvalue weighted by Gasteiger charge is 2.14. The van der Waals surface area contributed by atoms with Gasteiger partial charge < -0.3 is 5.73 Å². The van der Waals surface area contributed by atoms with Crippen molar-refractivity contribution in [3.8, 4) is 0 Å². The van der Waals surface area contributed by atoms with Gasteiger partial charge >= 0.3 is 0 Å². The number of ketones is 1. The number of rotatable bonds is 2. The summed E-state index contributed by atoms with van der Waals surface area (Å²) in [6, 6.07) is 2.39. The highest BCUT2D eigenvalue weighted by molar-refractivity contribution is 5.97. The first-order chi connectivity index (χ1) is 6.43. The van der Waals surface area contributed by atoms with Crippen molar-refractivity contribution in [3.63, 3.8) is 0 Å². The molecule has 0 unspecified atom stereocenters. The van der Waals surface area contributed by atoms with E-state index in [2.05, 4.69) is 0 Å². The molecule has 0 aromatic heterocycles. The fraction of sp³-hybridized carbons (Fsp3) is 0.300. The van der Waals surface area contributed by atoms with Gasteiger partial charge in [0, 0.05) is 16.8 Å². The number of Topliss-reactive ketones (excluding diaryl/α,β-unsaturated/α-hetero) is 1. The molecule has 0 fully saturated rings. The van der Waals surface area contributed by atoms with Crippen LogP contribution in [-0.4, -0.2) is 5.78 Å². The molecule has 0 amide bonds. The van der Waals surface area contributed by atoms with Crippen LogP contribution in [0.4, 0.5) is 14.5 Å². The molecule has 0 saturated carbocycles. The largest absolute Gasteiger partial charge is 0.398 e. The summed E-state index contributed by atoms with van der Waals surface area (Å²) in [4.78, 5) is 11.1. The molecule has 0 aliphatic rings. The van der Waals surface area contributed by atoms with Crippen molar-refractivity contribution < 1.29 is 13.6 Å². The molecule has 0 aliphatic carbocycles. The maximum Gasteiger partial charge on any atom is 0.263 e. The number of hydrogen-bond acceptors (Lipinski definition) is 2. The van der Waals surface area contributed by atoms with Gasteiger partial charge in [-0.05, 0) is 31.5 Å². The molecule has 0 aliphatic heterocycles. The number of alkyl halides is 2. The average Bonchev–Trinajstić information content (AvgIpc) is 2.08. The molecule has 1 aromatic rings. The van der Waals surface area contributed by atoms with Crippen molar-refractivity contribution in [1.82, 2.24) is 0 Å². The predicted octanol–water partition coefficient (Wildman–Crippen LogP) is 2.72. The van der Waals surface area contributed by atoms with E-state index in [-0.39, 0.29) is 22.6 Å². The SMILES string of the molecule is CC(=O)c1cc(C(F)F)cc(N)c1C. The number of carbonyl (C=O) groups excluding carboxylic acids is 1. The number of nitrogen functional groups attached to an aromatic ring is 1. The molecular formula is C10H11F2NO. The van der Waals surface area contributed by atoms with Crippen LogP contribution in [0, 0.1) is 6.92 Å². The lowest BCUT2D eigenvalue weighted by Gasteiger charge is -2.08. The molecule has 76 valence electrons. The Morgan fingerprint density at radius 2 is 2.00 bits per heavy atom. The Bertz CT molecular complexity index is 375. The Balaban J connectivity index is 3.35. The van der Waals surface area contributed by atoms with E-state index in [9.17, 15) is 13.6 Å². The van der Waals surface area contributed by atoms with Gasteiger partial charge in [0.15, 0.2) is 5.78 Å². The smallest absolute Gasteiger partial charge is 0.263 e. The molecule has 2 N–H and O–H groups in total. The number of carbonyl (C=O) groups is 1. The molecule has 0 saturated heterocycles. The zero-order valence-electron chi connectivity index (χ0n) is 7.97. The van der Waals surface area contributed by atoms with Crippen molar-refractivity contribution in [1.29, 1.82) is 0 Å². The zero-order valence-corrected chi connectivity index (χ0v) is 7.97. The van der Waals surface area contributed by atoms with Crippen LogP contribution in [-0.2, 0) is 0 Å². The summed E-state index contributed by atoms with van der Waals surface area (Å²) < 4.78 is 24.7. The molecular weight excluding hydrogens is 188 g/mol. The van der Waals surface area contributed by atoms with E-state index >= 15 is 0 Å². The summed E-state index contributed by atoms with van der Waals surface area (Å²) in [6.45, 7) is 2.97. The van der Waals surface area contributed by atoms with Gasteiger partial charge in [0.25, 0.3) is 6.43 Å². The summed E-state index contributed by atoms with van der Waals surface area (Å²) in [5.41, 5.74) is 6.35. The fourth-order valence-electron chi connectivity index (χ4n) is 1.25. The van der Waals surface area contributed by atoms with Crippen molar-refractivity contribution in [2.75, 3.05) is 5.73 Å². The van der Waals surface area contributed by atoms with Crippen LogP contribution >= 0.6 is 0 Å². The minimum Gasteiger partial charge on any atom is -0.398 e. The third-order valence-electron chi connectivity index (χ3n) is 2.10. The Labute approximate surface area is 80.7 Å². The van der Waals surface area contributed by atoms with Gasteiger partial charge in [-0.15, -0.1) is 0 Å². The Morgan fingerprint density at radius 1 is 1.43 bits per heavy atom. The number of hydrogen-bond donors (Lipinski definition) is 1. The van der Waals surface area contributed by atoms with E-state index < -0.39 is 6.43 Å². The van der Waals surface area contributed by atoms with Crippen LogP contribution in [0.2, 0.25) is 0 Å². The molecule has 0 bridgehead atoms. The van der Waals surface area contributed by atoms with Crippen molar-refractivity contribution in [3.05, 3.63) is 28.8 Å². The maximum atomic E-state index is 12.4. The number of halogens is 2. The third-order valence-corrected chi connectivity index (χ3v) is 2.10. The summed E-state index contributed by atoms with van der Waals surface area (Å²) in [7, 11) is 0. The fourth-order valence-corrected chi connectivity index (χ4v) is 1.25. The molecule has 0 heterocycles. The lowest BCUT2D eigenvalue weighted by molar-refractivity contribution is 0.101. The minimum atomic E-state index is -2.60. The van der Waals surface area contributed by atoms with Gasteiger partial charge in [-0.25, -0.2) is 8.78 Å². The molecule has 1 aromatic carbocycles. The molecule has 4 heteroatoms. The Kier molecular flexibility index (Phi) is 2.84. The number of benzene rings is 1. The quantitative estimate of drug-likeness (QED) is 0.587. The summed E-state index contributed by atoms with van der Waals surface area (Å²) >= 11 is 0. The maximum absolute atomic E-state index is 12.4. The lowest BCUT2D eigenvalue weighted by Crippen LogP contribution is -2.02. The molecule has 0 spiro atoms. The van der Waals surface area contributed by atoms with Gasteiger partial charge in [-0.3, -0.25) is 4.79 Å². The van der Waals surface area contributed by atoms with Crippen LogP contribution in [0.25, 0.3) is 0 Å².